The van der Waals surface area contributed by atoms with Gasteiger partial charge >= 0.3 is 11.8 Å². The topological polar surface area (TPSA) is 104 Å². The molecular formula is C25H32N6O2S. The van der Waals surface area contributed by atoms with Crippen molar-refractivity contribution >= 4 is 44.9 Å². The number of carbonyl (C=O) groups is 2. The lowest BCUT2D eigenvalue weighted by molar-refractivity contribution is -0.146. The Labute approximate surface area is 204 Å². The highest BCUT2D eigenvalue weighted by atomic mass is 32.1. The minimum absolute atomic E-state index is 0.156. The summed E-state index contributed by atoms with van der Waals surface area (Å²) in [6, 6.07) is 7.80. The number of aryl methyl sites for hydroxylation is 1. The van der Waals surface area contributed by atoms with E-state index < -0.39 is 11.8 Å². The largest absolute Gasteiger partial charge is 0.383 e. The van der Waals surface area contributed by atoms with E-state index in [0.29, 0.717) is 24.0 Å². The lowest BCUT2D eigenvalue weighted by atomic mass is 9.89. The molecule has 0 aliphatic carbocycles. The van der Waals surface area contributed by atoms with E-state index in [9.17, 15) is 9.59 Å². The maximum absolute atomic E-state index is 13.3. The first-order valence-corrected chi connectivity index (χ1v) is 12.4. The van der Waals surface area contributed by atoms with Crippen LogP contribution in [0.2, 0.25) is 0 Å². The highest BCUT2D eigenvalue weighted by Gasteiger charge is 2.34. The maximum Gasteiger partial charge on any atom is 0.313 e. The minimum Gasteiger partial charge on any atom is -0.383 e. The molecule has 2 amide bonds. The number of likely N-dealkylation sites (N-methyl/N-ethyl adjacent to an activating group) is 1. The molecule has 3 heterocycles. The van der Waals surface area contributed by atoms with Gasteiger partial charge in [-0.25, -0.2) is 9.97 Å². The van der Waals surface area contributed by atoms with Crippen LogP contribution in [-0.4, -0.2) is 58.8 Å². The van der Waals surface area contributed by atoms with Crippen LogP contribution in [0.25, 0.3) is 10.2 Å². The molecule has 3 N–H and O–H groups in total. The summed E-state index contributed by atoms with van der Waals surface area (Å²) in [5, 5.41) is 3.80. The highest BCUT2D eigenvalue weighted by molar-refractivity contribution is 7.18. The van der Waals surface area contributed by atoms with Crippen molar-refractivity contribution in [2.75, 3.05) is 38.2 Å². The number of nitrogens with zero attached hydrogens (tertiary/aromatic N) is 4. The second-order valence-corrected chi connectivity index (χ2v) is 10.5. The molecule has 1 fully saturated rings. The number of anilines is 2. The number of nitrogens with two attached hydrogens (primary N) is 1. The highest BCUT2D eigenvalue weighted by Crippen LogP contribution is 2.35. The van der Waals surface area contributed by atoms with Crippen LogP contribution in [0.5, 0.6) is 0 Å². The van der Waals surface area contributed by atoms with Gasteiger partial charge in [-0.15, -0.1) is 11.3 Å². The fraction of sp³-hybridized carbons (Fsp3) is 0.440. The Balaban J connectivity index is 1.55. The van der Waals surface area contributed by atoms with Crippen LogP contribution in [-0.2, 0) is 16.0 Å². The number of nitrogens with one attached hydrogen (secondary N) is 1. The maximum atomic E-state index is 13.3. The van der Waals surface area contributed by atoms with E-state index in [0.717, 1.165) is 52.2 Å². The van der Waals surface area contributed by atoms with E-state index in [1.165, 1.54) is 6.20 Å². The van der Waals surface area contributed by atoms with Crippen molar-refractivity contribution in [2.45, 2.75) is 39.2 Å². The van der Waals surface area contributed by atoms with Crippen molar-refractivity contribution in [3.05, 3.63) is 46.6 Å². The Morgan fingerprint density at radius 2 is 2.06 bits per heavy atom. The van der Waals surface area contributed by atoms with Gasteiger partial charge < -0.3 is 20.9 Å². The molecule has 0 radical (unpaired) electrons. The Morgan fingerprint density at radius 3 is 2.79 bits per heavy atom. The summed E-state index contributed by atoms with van der Waals surface area (Å²) in [5.74, 6) is -0.465. The zero-order valence-electron chi connectivity index (χ0n) is 20.2. The van der Waals surface area contributed by atoms with Crippen molar-refractivity contribution < 1.29 is 9.59 Å². The fourth-order valence-corrected chi connectivity index (χ4v) is 5.25. The summed E-state index contributed by atoms with van der Waals surface area (Å²) in [7, 11) is 4.12. The van der Waals surface area contributed by atoms with E-state index in [1.54, 1.807) is 22.3 Å². The normalized spacial score (nSPS) is 18.4. The Morgan fingerprint density at radius 1 is 1.26 bits per heavy atom. The predicted molar refractivity (Wildman–Crippen MR) is 137 cm³/mol. The molecule has 0 saturated carbocycles. The zero-order valence-corrected chi connectivity index (χ0v) is 21.0. The molecule has 1 aliphatic heterocycles. The van der Waals surface area contributed by atoms with Crippen molar-refractivity contribution in [1.29, 1.82) is 0 Å². The van der Waals surface area contributed by atoms with Crippen LogP contribution in [0, 0.1) is 12.8 Å². The number of rotatable bonds is 5. The Kier molecular flexibility index (Phi) is 7.13. The van der Waals surface area contributed by atoms with Crippen LogP contribution in [0.15, 0.2) is 30.5 Å². The molecule has 2 atom stereocenters. The standard InChI is InChI=1S/C25H32N6O2S/c1-15-5-7-20(17-6-8-21-19(12-17)29-22(34-21)9-10-30(3)4)31(14-15)25(33)24(32)28-18-11-16(2)23(26)27-13-18/h6,8,11-13,15,20H,5,7,9-10,14H2,1-4H3,(H2,26,27)(H,28,32). The molecule has 2 unspecified atom stereocenters. The van der Waals surface area contributed by atoms with Crippen LogP contribution < -0.4 is 11.1 Å². The molecule has 2 aromatic heterocycles. The molecule has 1 aromatic carbocycles. The van der Waals surface area contributed by atoms with Gasteiger partial charge in [0.15, 0.2) is 0 Å². The number of hydrogen-bond donors (Lipinski definition) is 2. The number of benzene rings is 1. The molecule has 3 aromatic rings. The number of nitrogen functional groups attached to an aromatic ring is 1. The van der Waals surface area contributed by atoms with Crippen LogP contribution in [0.3, 0.4) is 0 Å². The molecule has 180 valence electrons. The van der Waals surface area contributed by atoms with Crippen LogP contribution >= 0.6 is 11.3 Å². The summed E-state index contributed by atoms with van der Waals surface area (Å²) in [6.07, 6.45) is 4.19. The molecule has 4 rings (SSSR count). The SMILES string of the molecule is Cc1cc(NC(=O)C(=O)N2CC(C)CCC2c2ccc3sc(CCN(C)C)nc3c2)cnc1N. The van der Waals surface area contributed by atoms with E-state index in [1.807, 2.05) is 6.92 Å². The number of likely N-dealkylation sites (tertiary alicyclic amines) is 1. The minimum atomic E-state index is -0.661. The summed E-state index contributed by atoms with van der Waals surface area (Å²) >= 11 is 1.71. The number of amides is 2. The third kappa shape index (κ3) is 5.37. The van der Waals surface area contributed by atoms with Gasteiger partial charge in [0.05, 0.1) is 33.2 Å². The number of fused-ring (bicyclic) bond motifs is 1. The van der Waals surface area contributed by atoms with Gasteiger partial charge in [0.1, 0.15) is 5.82 Å². The average Bonchev–Trinajstić information content (AvgIpc) is 3.21. The predicted octanol–water partition coefficient (Wildman–Crippen LogP) is 3.62. The molecule has 1 aliphatic rings. The smallest absolute Gasteiger partial charge is 0.313 e. The van der Waals surface area contributed by atoms with Crippen molar-refractivity contribution in [2.24, 2.45) is 5.92 Å². The number of pyridine rings is 1. The average molecular weight is 481 g/mol. The molecular weight excluding hydrogens is 448 g/mol. The third-order valence-electron chi connectivity index (χ3n) is 6.26. The summed E-state index contributed by atoms with van der Waals surface area (Å²) in [4.78, 5) is 38.9. The third-order valence-corrected chi connectivity index (χ3v) is 7.36. The molecule has 8 nitrogen and oxygen atoms in total. The lowest BCUT2D eigenvalue weighted by Crippen LogP contribution is -2.46. The lowest BCUT2D eigenvalue weighted by Gasteiger charge is -2.38. The zero-order chi connectivity index (χ0) is 24.4. The van der Waals surface area contributed by atoms with Crippen LogP contribution in [0.4, 0.5) is 11.5 Å². The van der Waals surface area contributed by atoms with Crippen LogP contribution in [0.1, 0.15) is 41.9 Å². The van der Waals surface area contributed by atoms with Gasteiger partial charge in [-0.05, 0) is 69.1 Å². The first kappa shape index (κ1) is 24.1. The van der Waals surface area contributed by atoms with Gasteiger partial charge in [-0.1, -0.05) is 13.0 Å². The van der Waals surface area contributed by atoms with E-state index in [-0.39, 0.29) is 6.04 Å². The van der Waals surface area contributed by atoms with Gasteiger partial charge in [-0.3, -0.25) is 9.59 Å². The number of piperidine rings is 1. The van der Waals surface area contributed by atoms with Gasteiger partial charge in [0.25, 0.3) is 0 Å². The quantitative estimate of drug-likeness (QED) is 0.541. The van der Waals surface area contributed by atoms with E-state index >= 15 is 0 Å². The summed E-state index contributed by atoms with van der Waals surface area (Å²) < 4.78 is 1.14. The summed E-state index contributed by atoms with van der Waals surface area (Å²) in [6.45, 7) is 5.41. The molecule has 9 heteroatoms. The van der Waals surface area contributed by atoms with E-state index in [4.69, 9.17) is 10.7 Å². The van der Waals surface area contributed by atoms with Crippen molar-refractivity contribution in [3.8, 4) is 0 Å². The second-order valence-electron chi connectivity index (χ2n) is 9.42. The first-order chi connectivity index (χ1) is 16.2. The fourth-order valence-electron chi connectivity index (χ4n) is 4.32. The Bertz CT molecular complexity index is 1210. The molecule has 34 heavy (non-hydrogen) atoms. The van der Waals surface area contributed by atoms with E-state index in [2.05, 4.69) is 54.4 Å². The first-order valence-electron chi connectivity index (χ1n) is 11.6. The number of aromatic nitrogens is 2. The van der Waals surface area contributed by atoms with Gasteiger partial charge in [0, 0.05) is 19.5 Å². The number of carbonyl (C=O) groups excluding carboxylic acids is 2. The summed E-state index contributed by atoms with van der Waals surface area (Å²) in [5.41, 5.74) is 8.94. The monoisotopic (exact) mass is 480 g/mol. The number of hydrogen-bond acceptors (Lipinski definition) is 7. The molecule has 1 saturated heterocycles. The number of thiazole rings is 1. The second kappa shape index (κ2) is 10.1. The van der Waals surface area contributed by atoms with Crippen molar-refractivity contribution in [3.63, 3.8) is 0 Å². The van der Waals surface area contributed by atoms with Crippen molar-refractivity contribution in [1.82, 2.24) is 19.8 Å². The Hall–Kier alpha value is -3.04. The molecule has 0 spiro atoms. The van der Waals surface area contributed by atoms with Gasteiger partial charge in [0.2, 0.25) is 0 Å². The van der Waals surface area contributed by atoms with Gasteiger partial charge in [-0.2, -0.15) is 0 Å². The molecule has 0 bridgehead atoms.